The summed E-state index contributed by atoms with van der Waals surface area (Å²) >= 11 is 0. The van der Waals surface area contributed by atoms with Crippen LogP contribution >= 0.6 is 0 Å². The van der Waals surface area contributed by atoms with Gasteiger partial charge in [-0.3, -0.25) is 4.79 Å². The van der Waals surface area contributed by atoms with E-state index in [1.54, 1.807) is 12.1 Å². The first-order valence-electron chi connectivity index (χ1n) is 7.05. The van der Waals surface area contributed by atoms with Gasteiger partial charge in [0.15, 0.2) is 5.69 Å². The Labute approximate surface area is 115 Å². The number of nitrogens with one attached hydrogen (secondary N) is 2. The monoisotopic (exact) mass is 264 g/mol. The number of unbranched alkanes of at least 4 members (excludes halogenated alkanes) is 2. The van der Waals surface area contributed by atoms with E-state index in [0.29, 0.717) is 18.3 Å². The minimum Gasteiger partial charge on any atom is -0.366 e. The Kier molecular flexibility index (Phi) is 6.85. The Morgan fingerprint density at radius 3 is 2.63 bits per heavy atom. The van der Waals surface area contributed by atoms with E-state index in [1.165, 1.54) is 19.3 Å². The number of amides is 1. The fourth-order valence-electron chi connectivity index (χ4n) is 1.81. The minimum absolute atomic E-state index is 0.183. The third-order valence-corrected chi connectivity index (χ3v) is 2.87. The van der Waals surface area contributed by atoms with Crippen LogP contribution in [0.25, 0.3) is 0 Å². The third kappa shape index (κ3) is 5.68. The number of carbonyl (C=O) groups is 1. The highest BCUT2D eigenvalue weighted by Crippen LogP contribution is 2.09. The van der Waals surface area contributed by atoms with Crippen molar-refractivity contribution in [3.63, 3.8) is 0 Å². The normalized spacial score (nSPS) is 11.9. The molecule has 19 heavy (non-hydrogen) atoms. The van der Waals surface area contributed by atoms with E-state index in [9.17, 15) is 4.79 Å². The predicted octanol–water partition coefficient (Wildman–Crippen LogP) is 2.61. The zero-order valence-corrected chi connectivity index (χ0v) is 12.1. The maximum Gasteiger partial charge on any atom is 0.271 e. The lowest BCUT2D eigenvalue weighted by atomic mass is 10.1. The quantitative estimate of drug-likeness (QED) is 0.708. The number of anilines is 1. The maximum absolute atomic E-state index is 11.5. The SMILES string of the molecule is CCCCCC(C)Nc1ccc(C(=O)NCC)nn1. The van der Waals surface area contributed by atoms with Gasteiger partial charge in [0.05, 0.1) is 0 Å². The highest BCUT2D eigenvalue weighted by molar-refractivity contribution is 5.92. The van der Waals surface area contributed by atoms with Crippen LogP contribution in [0.15, 0.2) is 12.1 Å². The van der Waals surface area contributed by atoms with Crippen LogP contribution in [0.1, 0.15) is 56.9 Å². The number of rotatable bonds is 8. The van der Waals surface area contributed by atoms with Crippen LogP contribution in [-0.2, 0) is 0 Å². The summed E-state index contributed by atoms with van der Waals surface area (Å²) in [5.41, 5.74) is 0.353. The van der Waals surface area contributed by atoms with Crippen molar-refractivity contribution in [3.8, 4) is 0 Å². The average molecular weight is 264 g/mol. The van der Waals surface area contributed by atoms with Crippen molar-refractivity contribution in [2.75, 3.05) is 11.9 Å². The highest BCUT2D eigenvalue weighted by atomic mass is 16.1. The number of hydrogen-bond donors (Lipinski definition) is 2. The summed E-state index contributed by atoms with van der Waals surface area (Å²) in [5.74, 6) is 0.537. The zero-order chi connectivity index (χ0) is 14.1. The van der Waals surface area contributed by atoms with E-state index in [2.05, 4.69) is 34.7 Å². The lowest BCUT2D eigenvalue weighted by molar-refractivity contribution is 0.0950. The molecule has 5 nitrogen and oxygen atoms in total. The van der Waals surface area contributed by atoms with E-state index in [1.807, 2.05) is 6.92 Å². The van der Waals surface area contributed by atoms with E-state index >= 15 is 0 Å². The first-order valence-corrected chi connectivity index (χ1v) is 7.05. The predicted molar refractivity (Wildman–Crippen MR) is 77.3 cm³/mol. The summed E-state index contributed by atoms with van der Waals surface area (Å²) in [6.45, 7) is 6.80. The molecule has 106 valence electrons. The molecule has 0 aliphatic carbocycles. The molecule has 0 bridgehead atoms. The van der Waals surface area contributed by atoms with Crippen LogP contribution in [0.2, 0.25) is 0 Å². The lowest BCUT2D eigenvalue weighted by Gasteiger charge is -2.13. The molecule has 0 radical (unpaired) electrons. The molecule has 0 fully saturated rings. The van der Waals surface area contributed by atoms with Crippen LogP contribution < -0.4 is 10.6 Å². The molecule has 0 aliphatic heterocycles. The van der Waals surface area contributed by atoms with Gasteiger partial charge < -0.3 is 10.6 Å². The maximum atomic E-state index is 11.5. The molecule has 0 spiro atoms. The minimum atomic E-state index is -0.183. The molecule has 5 heteroatoms. The molecule has 1 atom stereocenters. The Balaban J connectivity index is 2.45. The second-order valence-electron chi connectivity index (χ2n) is 4.70. The van der Waals surface area contributed by atoms with E-state index in [0.717, 1.165) is 12.2 Å². The van der Waals surface area contributed by atoms with Crippen LogP contribution in [-0.4, -0.2) is 28.7 Å². The van der Waals surface area contributed by atoms with Crippen LogP contribution in [0.5, 0.6) is 0 Å². The standard InChI is InChI=1S/C14H24N4O/c1-4-6-7-8-11(3)16-13-10-9-12(17-18-13)14(19)15-5-2/h9-11H,4-8H2,1-3H3,(H,15,19)(H,16,18). The van der Waals surface area contributed by atoms with Crippen LogP contribution in [0.3, 0.4) is 0 Å². The Hall–Kier alpha value is -1.65. The van der Waals surface area contributed by atoms with Crippen molar-refractivity contribution in [1.82, 2.24) is 15.5 Å². The second-order valence-corrected chi connectivity index (χ2v) is 4.70. The van der Waals surface area contributed by atoms with Crippen molar-refractivity contribution in [2.24, 2.45) is 0 Å². The van der Waals surface area contributed by atoms with Crippen molar-refractivity contribution < 1.29 is 4.79 Å². The molecule has 1 amide bonds. The fourth-order valence-corrected chi connectivity index (χ4v) is 1.81. The Morgan fingerprint density at radius 1 is 1.26 bits per heavy atom. The van der Waals surface area contributed by atoms with Gasteiger partial charge in [-0.2, -0.15) is 0 Å². The molecule has 0 aliphatic rings. The van der Waals surface area contributed by atoms with Gasteiger partial charge in [-0.05, 0) is 32.4 Å². The molecule has 1 unspecified atom stereocenters. The van der Waals surface area contributed by atoms with Crippen molar-refractivity contribution in [3.05, 3.63) is 17.8 Å². The van der Waals surface area contributed by atoms with Crippen molar-refractivity contribution in [2.45, 2.75) is 52.5 Å². The summed E-state index contributed by atoms with van der Waals surface area (Å²) in [5, 5.41) is 13.9. The lowest BCUT2D eigenvalue weighted by Crippen LogP contribution is -2.24. The average Bonchev–Trinajstić information content (AvgIpc) is 2.40. The van der Waals surface area contributed by atoms with Gasteiger partial charge in [0, 0.05) is 12.6 Å². The van der Waals surface area contributed by atoms with Gasteiger partial charge in [-0.1, -0.05) is 26.2 Å². The van der Waals surface area contributed by atoms with Crippen LogP contribution in [0, 0.1) is 0 Å². The van der Waals surface area contributed by atoms with Crippen molar-refractivity contribution in [1.29, 1.82) is 0 Å². The largest absolute Gasteiger partial charge is 0.366 e. The number of nitrogens with zero attached hydrogens (tertiary/aromatic N) is 2. The Morgan fingerprint density at radius 2 is 2.05 bits per heavy atom. The molecule has 0 aromatic carbocycles. The molecular weight excluding hydrogens is 240 g/mol. The number of carbonyl (C=O) groups excluding carboxylic acids is 1. The molecule has 1 rings (SSSR count). The molecule has 0 saturated carbocycles. The van der Waals surface area contributed by atoms with Gasteiger partial charge >= 0.3 is 0 Å². The van der Waals surface area contributed by atoms with Gasteiger partial charge in [0.2, 0.25) is 0 Å². The Bertz CT molecular complexity index is 378. The summed E-state index contributed by atoms with van der Waals surface area (Å²) in [4.78, 5) is 11.5. The number of hydrogen-bond acceptors (Lipinski definition) is 4. The van der Waals surface area contributed by atoms with Crippen molar-refractivity contribution >= 4 is 11.7 Å². The molecule has 0 saturated heterocycles. The fraction of sp³-hybridized carbons (Fsp3) is 0.643. The third-order valence-electron chi connectivity index (χ3n) is 2.87. The molecule has 2 N–H and O–H groups in total. The second kappa shape index (κ2) is 8.45. The van der Waals surface area contributed by atoms with Gasteiger partial charge in [0.1, 0.15) is 5.82 Å². The van der Waals surface area contributed by atoms with Gasteiger partial charge in [-0.25, -0.2) is 0 Å². The number of aromatic nitrogens is 2. The van der Waals surface area contributed by atoms with Crippen LogP contribution in [0.4, 0.5) is 5.82 Å². The first kappa shape index (κ1) is 15.4. The summed E-state index contributed by atoms with van der Waals surface area (Å²) < 4.78 is 0. The van der Waals surface area contributed by atoms with E-state index in [-0.39, 0.29) is 5.91 Å². The van der Waals surface area contributed by atoms with E-state index < -0.39 is 0 Å². The topological polar surface area (TPSA) is 66.9 Å². The molecule has 1 heterocycles. The molecular formula is C14H24N4O. The van der Waals surface area contributed by atoms with E-state index in [4.69, 9.17) is 0 Å². The highest BCUT2D eigenvalue weighted by Gasteiger charge is 2.07. The summed E-state index contributed by atoms with van der Waals surface area (Å²) in [7, 11) is 0. The summed E-state index contributed by atoms with van der Waals surface area (Å²) in [6.07, 6.45) is 4.82. The molecule has 1 aromatic rings. The molecule has 1 aromatic heterocycles. The van der Waals surface area contributed by atoms with Gasteiger partial charge in [0.25, 0.3) is 5.91 Å². The zero-order valence-electron chi connectivity index (χ0n) is 12.1. The smallest absolute Gasteiger partial charge is 0.271 e. The van der Waals surface area contributed by atoms with Gasteiger partial charge in [-0.15, -0.1) is 10.2 Å². The first-order chi connectivity index (χ1) is 9.17. The summed E-state index contributed by atoms with van der Waals surface area (Å²) in [6, 6.07) is 3.86.